The molecule has 2 heterocycles. The van der Waals surface area contributed by atoms with Crippen molar-refractivity contribution >= 4 is 28.2 Å². The van der Waals surface area contributed by atoms with Gasteiger partial charge in [-0.1, -0.05) is 30.3 Å². The molecule has 0 spiro atoms. The first-order valence-corrected chi connectivity index (χ1v) is 10.3. The molecular formula is C25H21FN4O. The van der Waals surface area contributed by atoms with Crippen molar-refractivity contribution in [3.05, 3.63) is 96.3 Å². The van der Waals surface area contributed by atoms with Crippen LogP contribution in [0.4, 0.5) is 10.1 Å². The average Bonchev–Trinajstić information content (AvgIpc) is 3.44. The Morgan fingerprint density at radius 2 is 1.81 bits per heavy atom. The lowest BCUT2D eigenvalue weighted by Crippen LogP contribution is -2.37. The fraction of sp³-hybridized carbons (Fsp3) is 0.160. The molecule has 0 saturated carbocycles. The van der Waals surface area contributed by atoms with Crippen LogP contribution in [0.1, 0.15) is 28.8 Å². The first-order valence-electron chi connectivity index (χ1n) is 10.3. The number of amides is 1. The van der Waals surface area contributed by atoms with Gasteiger partial charge in [0.15, 0.2) is 0 Å². The fourth-order valence-corrected chi connectivity index (χ4v) is 4.02. The fourth-order valence-electron chi connectivity index (χ4n) is 4.02. The molecule has 0 radical (unpaired) electrons. The Hall–Kier alpha value is -3.80. The van der Waals surface area contributed by atoms with Gasteiger partial charge in [0.1, 0.15) is 11.7 Å². The van der Waals surface area contributed by atoms with E-state index >= 15 is 0 Å². The van der Waals surface area contributed by atoms with E-state index in [2.05, 4.69) is 17.1 Å². The normalized spacial score (nSPS) is 12.2. The third-order valence-electron chi connectivity index (χ3n) is 5.55. The first kappa shape index (κ1) is 19.2. The number of benzene rings is 3. The van der Waals surface area contributed by atoms with Crippen molar-refractivity contribution in [3.8, 4) is 0 Å². The molecule has 5 rings (SSSR count). The SMILES string of the molecule is O=C(c1ccc(F)cc1)N(CCCCn1ccnc1)C1=Nc2cccc3cccc1c23. The van der Waals surface area contributed by atoms with Crippen LogP contribution in [0.3, 0.4) is 0 Å². The number of hydrogen-bond donors (Lipinski definition) is 0. The minimum Gasteiger partial charge on any atom is -0.337 e. The standard InChI is InChI=1S/C25H21FN4O/c26-20-11-9-19(10-12-20)25(31)30(15-2-1-14-29-16-13-27-17-29)24-21-7-3-5-18-6-4-8-22(28-24)23(18)21/h3-13,16-17H,1-2,14-15H2. The molecule has 4 aromatic rings. The Bertz CT molecular complexity index is 1260. The van der Waals surface area contributed by atoms with E-state index in [0.29, 0.717) is 17.9 Å². The van der Waals surface area contributed by atoms with Crippen LogP contribution in [-0.4, -0.2) is 32.7 Å². The predicted octanol–water partition coefficient (Wildman–Crippen LogP) is 5.19. The van der Waals surface area contributed by atoms with Crippen LogP contribution in [0.25, 0.3) is 10.8 Å². The van der Waals surface area contributed by atoms with E-state index in [9.17, 15) is 9.18 Å². The van der Waals surface area contributed by atoms with E-state index < -0.39 is 0 Å². The van der Waals surface area contributed by atoms with Crippen molar-refractivity contribution in [3.63, 3.8) is 0 Å². The molecule has 3 aromatic carbocycles. The van der Waals surface area contributed by atoms with Gasteiger partial charge in [0.2, 0.25) is 0 Å². The lowest BCUT2D eigenvalue weighted by Gasteiger charge is -2.23. The molecule has 6 heteroatoms. The summed E-state index contributed by atoms with van der Waals surface area (Å²) in [5, 5.41) is 2.17. The van der Waals surface area contributed by atoms with E-state index in [1.165, 1.54) is 24.3 Å². The number of carbonyl (C=O) groups is 1. The summed E-state index contributed by atoms with van der Waals surface area (Å²) in [5.41, 5.74) is 2.28. The summed E-state index contributed by atoms with van der Waals surface area (Å²) in [5.74, 6) is 0.119. The zero-order chi connectivity index (χ0) is 21.2. The summed E-state index contributed by atoms with van der Waals surface area (Å²) in [7, 11) is 0. The molecule has 0 saturated heterocycles. The summed E-state index contributed by atoms with van der Waals surface area (Å²) in [4.78, 5) is 24.1. The quantitative estimate of drug-likeness (QED) is 0.409. The summed E-state index contributed by atoms with van der Waals surface area (Å²) < 4.78 is 15.4. The van der Waals surface area contributed by atoms with Gasteiger partial charge in [-0.3, -0.25) is 9.69 Å². The van der Waals surface area contributed by atoms with Gasteiger partial charge >= 0.3 is 0 Å². The summed E-state index contributed by atoms with van der Waals surface area (Å²) in [6, 6.07) is 17.7. The van der Waals surface area contributed by atoms with Crippen molar-refractivity contribution in [1.82, 2.24) is 14.5 Å². The van der Waals surface area contributed by atoms with Crippen LogP contribution in [0.5, 0.6) is 0 Å². The number of aromatic nitrogens is 2. The topological polar surface area (TPSA) is 50.5 Å². The Morgan fingerprint density at radius 1 is 1.00 bits per heavy atom. The van der Waals surface area contributed by atoms with Crippen molar-refractivity contribution in [2.75, 3.05) is 6.54 Å². The van der Waals surface area contributed by atoms with Crippen molar-refractivity contribution < 1.29 is 9.18 Å². The largest absolute Gasteiger partial charge is 0.337 e. The highest BCUT2D eigenvalue weighted by atomic mass is 19.1. The Morgan fingerprint density at radius 3 is 2.58 bits per heavy atom. The van der Waals surface area contributed by atoms with Crippen LogP contribution in [-0.2, 0) is 6.54 Å². The highest BCUT2D eigenvalue weighted by Gasteiger charge is 2.27. The average molecular weight is 412 g/mol. The Labute approximate surface area is 179 Å². The number of imidazole rings is 1. The summed E-state index contributed by atoms with van der Waals surface area (Å²) >= 11 is 0. The van der Waals surface area contributed by atoms with Gasteiger partial charge in [0, 0.05) is 42.0 Å². The number of carbonyl (C=O) groups excluding carboxylic acids is 1. The third kappa shape index (κ3) is 3.72. The molecule has 31 heavy (non-hydrogen) atoms. The van der Waals surface area contributed by atoms with Gasteiger partial charge in [0.25, 0.3) is 5.91 Å². The maximum absolute atomic E-state index is 13.4. The molecule has 0 unspecified atom stereocenters. The van der Waals surface area contributed by atoms with Gasteiger partial charge in [-0.2, -0.15) is 0 Å². The minimum atomic E-state index is -0.362. The molecule has 0 bridgehead atoms. The number of unbranched alkanes of at least 4 members (excludes halogenated alkanes) is 1. The minimum absolute atomic E-state index is 0.175. The van der Waals surface area contributed by atoms with Crippen LogP contribution >= 0.6 is 0 Å². The first-order chi connectivity index (χ1) is 15.2. The Kier molecular flexibility index (Phi) is 5.04. The van der Waals surface area contributed by atoms with E-state index in [1.54, 1.807) is 17.4 Å². The second kappa shape index (κ2) is 8.14. The number of aliphatic imine (C=N–C) groups is 1. The zero-order valence-corrected chi connectivity index (χ0v) is 16.9. The van der Waals surface area contributed by atoms with E-state index in [-0.39, 0.29) is 11.7 Å². The van der Waals surface area contributed by atoms with Gasteiger partial charge in [-0.05, 0) is 48.6 Å². The Balaban J connectivity index is 1.44. The van der Waals surface area contributed by atoms with E-state index in [1.807, 2.05) is 35.0 Å². The van der Waals surface area contributed by atoms with Crippen LogP contribution in [0.2, 0.25) is 0 Å². The van der Waals surface area contributed by atoms with Crippen molar-refractivity contribution in [1.29, 1.82) is 0 Å². The second-order valence-corrected chi connectivity index (χ2v) is 7.59. The molecule has 5 nitrogen and oxygen atoms in total. The van der Waals surface area contributed by atoms with Crippen molar-refractivity contribution in [2.24, 2.45) is 4.99 Å². The molecule has 0 fully saturated rings. The van der Waals surface area contributed by atoms with Gasteiger partial charge in [-0.25, -0.2) is 14.4 Å². The molecule has 1 amide bonds. The van der Waals surface area contributed by atoms with E-state index in [0.717, 1.165) is 41.4 Å². The molecular weight excluding hydrogens is 391 g/mol. The number of amidine groups is 1. The van der Waals surface area contributed by atoms with Crippen LogP contribution < -0.4 is 0 Å². The summed E-state index contributed by atoms with van der Waals surface area (Å²) in [6.07, 6.45) is 7.18. The predicted molar refractivity (Wildman–Crippen MR) is 119 cm³/mol. The number of rotatable bonds is 6. The maximum Gasteiger partial charge on any atom is 0.259 e. The second-order valence-electron chi connectivity index (χ2n) is 7.59. The highest BCUT2D eigenvalue weighted by Crippen LogP contribution is 2.36. The molecule has 0 aliphatic carbocycles. The number of hydrogen-bond acceptors (Lipinski definition) is 3. The van der Waals surface area contributed by atoms with Crippen LogP contribution in [0.15, 0.2) is 84.4 Å². The van der Waals surface area contributed by atoms with E-state index in [4.69, 9.17) is 4.99 Å². The van der Waals surface area contributed by atoms with Crippen LogP contribution in [0, 0.1) is 5.82 Å². The molecule has 0 atom stereocenters. The van der Waals surface area contributed by atoms with Crippen molar-refractivity contribution in [2.45, 2.75) is 19.4 Å². The maximum atomic E-state index is 13.4. The molecule has 154 valence electrons. The van der Waals surface area contributed by atoms with Gasteiger partial charge < -0.3 is 4.57 Å². The van der Waals surface area contributed by atoms with Gasteiger partial charge in [0.05, 0.1) is 12.0 Å². The molecule has 1 aliphatic heterocycles. The summed E-state index contributed by atoms with van der Waals surface area (Å²) in [6.45, 7) is 1.36. The third-order valence-corrected chi connectivity index (χ3v) is 5.55. The number of nitrogens with zero attached hydrogens (tertiary/aromatic N) is 4. The smallest absolute Gasteiger partial charge is 0.259 e. The zero-order valence-electron chi connectivity index (χ0n) is 16.9. The van der Waals surface area contributed by atoms with Gasteiger partial charge in [-0.15, -0.1) is 0 Å². The lowest BCUT2D eigenvalue weighted by atomic mass is 10.0. The number of aryl methyl sites for hydroxylation is 1. The number of halogens is 1. The molecule has 1 aliphatic rings. The highest BCUT2D eigenvalue weighted by molar-refractivity contribution is 6.23. The lowest BCUT2D eigenvalue weighted by molar-refractivity contribution is 0.0845. The monoisotopic (exact) mass is 412 g/mol. The molecule has 1 aromatic heterocycles. The molecule has 0 N–H and O–H groups in total.